The summed E-state index contributed by atoms with van der Waals surface area (Å²) >= 11 is 0. The molecule has 3 unspecified atom stereocenters. The molecule has 1 fully saturated rings. The standard InChI is InChI=1S/C51H77F/c1-5-6-7-8-9-10-11-12-13-14-15-16-17-18-19-20-21-24-40(2)34-37-51(36-23-25-41(3)43-29-31-44(52)32-30-43)38-35-46-48-33-28-42(4)45-26-22-27-47(50(45)48)49(46)39-51/h22,26-27,29-32,42,46,48-49H,2-3,5-21,23-25,28,33-39H2,1,4H3/t42?,46-,48?,49-,51?/m1/s1. The molecule has 3 aliphatic carbocycles. The van der Waals surface area contributed by atoms with Crippen LogP contribution in [0.2, 0.25) is 0 Å². The predicted octanol–water partition coefficient (Wildman–Crippen LogP) is 17.0. The lowest BCUT2D eigenvalue weighted by Gasteiger charge is -2.45. The Kier molecular flexibility index (Phi) is 17.1. The second-order valence-electron chi connectivity index (χ2n) is 18.1. The summed E-state index contributed by atoms with van der Waals surface area (Å²) in [5.41, 5.74) is 9.31. The Hall–Kier alpha value is -2.15. The second kappa shape index (κ2) is 21.7. The van der Waals surface area contributed by atoms with Crippen molar-refractivity contribution >= 4 is 5.57 Å². The Morgan fingerprint density at radius 1 is 0.635 bits per heavy atom. The molecule has 0 bridgehead atoms. The highest BCUT2D eigenvalue weighted by atomic mass is 19.1. The Morgan fingerprint density at radius 3 is 1.87 bits per heavy atom. The van der Waals surface area contributed by atoms with Crippen molar-refractivity contribution in [3.63, 3.8) is 0 Å². The van der Waals surface area contributed by atoms with Crippen LogP contribution in [0.15, 0.2) is 61.2 Å². The molecule has 0 amide bonds. The number of rotatable bonds is 26. The van der Waals surface area contributed by atoms with Crippen LogP contribution in [0.3, 0.4) is 0 Å². The first-order valence-corrected chi connectivity index (χ1v) is 22.6. The SMILES string of the molecule is C=C(CCCCCCCCCCCCCCCCCCC)CCC1(CCCC(=C)c2ccc(F)cc2)CC[C@@H]2C3CCC(C)c4cccc(c43)[C@@H]2C1. The van der Waals surface area contributed by atoms with Gasteiger partial charge in [0.25, 0.3) is 0 Å². The smallest absolute Gasteiger partial charge is 0.123 e. The topological polar surface area (TPSA) is 0 Å². The molecule has 5 rings (SSSR count). The van der Waals surface area contributed by atoms with E-state index in [1.807, 2.05) is 12.1 Å². The lowest BCUT2D eigenvalue weighted by molar-refractivity contribution is 0.0960. The van der Waals surface area contributed by atoms with Gasteiger partial charge in [-0.15, -0.1) is 0 Å². The van der Waals surface area contributed by atoms with E-state index in [1.54, 1.807) is 28.8 Å². The Balaban J connectivity index is 1.02. The molecule has 0 aliphatic heterocycles. The van der Waals surface area contributed by atoms with Gasteiger partial charge < -0.3 is 0 Å². The third-order valence-electron chi connectivity index (χ3n) is 14.2. The lowest BCUT2D eigenvalue weighted by atomic mass is 9.60. The maximum atomic E-state index is 13.6. The van der Waals surface area contributed by atoms with Crippen molar-refractivity contribution in [2.45, 2.75) is 211 Å². The molecule has 288 valence electrons. The summed E-state index contributed by atoms with van der Waals surface area (Å²) in [6.07, 6.45) is 38.3. The highest BCUT2D eigenvalue weighted by Crippen LogP contribution is 2.63. The summed E-state index contributed by atoms with van der Waals surface area (Å²) in [5, 5.41) is 0. The monoisotopic (exact) mass is 709 g/mol. The van der Waals surface area contributed by atoms with E-state index in [-0.39, 0.29) is 5.82 Å². The molecule has 1 saturated carbocycles. The molecule has 1 heteroatoms. The van der Waals surface area contributed by atoms with Gasteiger partial charge in [0.2, 0.25) is 0 Å². The number of hydrogen-bond acceptors (Lipinski definition) is 0. The third-order valence-corrected chi connectivity index (χ3v) is 14.2. The zero-order chi connectivity index (χ0) is 36.6. The average molecular weight is 709 g/mol. The van der Waals surface area contributed by atoms with Gasteiger partial charge in [-0.05, 0) is 146 Å². The minimum atomic E-state index is -0.168. The van der Waals surface area contributed by atoms with Gasteiger partial charge in [0.15, 0.2) is 0 Å². The molecule has 0 nitrogen and oxygen atoms in total. The molecule has 2 aromatic rings. The van der Waals surface area contributed by atoms with Crippen LogP contribution in [0, 0.1) is 17.2 Å². The fourth-order valence-electron chi connectivity index (χ4n) is 10.9. The van der Waals surface area contributed by atoms with Gasteiger partial charge in [0.1, 0.15) is 5.82 Å². The Bertz CT molecular complexity index is 1350. The van der Waals surface area contributed by atoms with Gasteiger partial charge in [0, 0.05) is 0 Å². The van der Waals surface area contributed by atoms with E-state index in [4.69, 9.17) is 0 Å². The second-order valence-corrected chi connectivity index (χ2v) is 18.1. The van der Waals surface area contributed by atoms with Gasteiger partial charge in [0.05, 0.1) is 0 Å². The summed E-state index contributed by atoms with van der Waals surface area (Å²) in [6, 6.07) is 14.3. The first-order valence-electron chi connectivity index (χ1n) is 22.6. The van der Waals surface area contributed by atoms with Crippen LogP contribution < -0.4 is 0 Å². The predicted molar refractivity (Wildman–Crippen MR) is 226 cm³/mol. The molecule has 0 radical (unpaired) electrons. The lowest BCUT2D eigenvalue weighted by Crippen LogP contribution is -2.32. The summed E-state index contributed by atoms with van der Waals surface area (Å²) in [6.45, 7) is 13.8. The Morgan fingerprint density at radius 2 is 1.23 bits per heavy atom. The number of allylic oxidation sites excluding steroid dienone is 2. The Labute approximate surface area is 320 Å². The van der Waals surface area contributed by atoms with E-state index in [2.05, 4.69) is 45.2 Å². The summed E-state index contributed by atoms with van der Waals surface area (Å²) in [5.74, 6) is 2.94. The zero-order valence-electron chi connectivity index (χ0n) is 33.9. The maximum absolute atomic E-state index is 13.6. The largest absolute Gasteiger partial charge is 0.207 e. The van der Waals surface area contributed by atoms with Crippen LogP contribution in [0.25, 0.3) is 5.57 Å². The molecule has 0 saturated heterocycles. The zero-order valence-corrected chi connectivity index (χ0v) is 33.9. The highest BCUT2D eigenvalue weighted by molar-refractivity contribution is 5.63. The summed E-state index contributed by atoms with van der Waals surface area (Å²) in [7, 11) is 0. The molecular formula is C51H77F. The normalized spacial score (nSPS) is 23.4. The number of unbranched alkanes of at least 4 members (excludes halogenated alkanes) is 16. The number of hydrogen-bond donors (Lipinski definition) is 0. The van der Waals surface area contributed by atoms with Crippen molar-refractivity contribution < 1.29 is 4.39 Å². The van der Waals surface area contributed by atoms with Crippen LogP contribution in [0.5, 0.6) is 0 Å². The van der Waals surface area contributed by atoms with E-state index < -0.39 is 0 Å². The van der Waals surface area contributed by atoms with Crippen molar-refractivity contribution in [2.75, 3.05) is 0 Å². The summed E-state index contributed by atoms with van der Waals surface area (Å²) < 4.78 is 13.6. The van der Waals surface area contributed by atoms with Crippen LogP contribution >= 0.6 is 0 Å². The van der Waals surface area contributed by atoms with Crippen molar-refractivity contribution in [3.8, 4) is 0 Å². The van der Waals surface area contributed by atoms with Crippen LogP contribution in [-0.4, -0.2) is 0 Å². The van der Waals surface area contributed by atoms with Gasteiger partial charge in [-0.1, -0.05) is 166 Å². The third kappa shape index (κ3) is 11.9. The van der Waals surface area contributed by atoms with E-state index in [0.717, 1.165) is 35.3 Å². The minimum absolute atomic E-state index is 0.168. The van der Waals surface area contributed by atoms with Crippen molar-refractivity contribution in [3.05, 3.63) is 89.3 Å². The van der Waals surface area contributed by atoms with Crippen LogP contribution in [-0.2, 0) is 0 Å². The van der Waals surface area contributed by atoms with Gasteiger partial charge in [-0.25, -0.2) is 4.39 Å². The van der Waals surface area contributed by atoms with Gasteiger partial charge in [-0.3, -0.25) is 0 Å². The summed E-state index contributed by atoms with van der Waals surface area (Å²) in [4.78, 5) is 0. The molecule has 2 aromatic carbocycles. The molecular weight excluding hydrogens is 632 g/mol. The molecule has 0 N–H and O–H groups in total. The van der Waals surface area contributed by atoms with E-state index in [1.165, 1.54) is 179 Å². The quantitative estimate of drug-likeness (QED) is 0.0674. The average Bonchev–Trinajstić information content (AvgIpc) is 3.47. The molecule has 0 aromatic heterocycles. The molecule has 52 heavy (non-hydrogen) atoms. The van der Waals surface area contributed by atoms with Crippen LogP contribution in [0.4, 0.5) is 4.39 Å². The first kappa shape index (κ1) is 41.0. The molecule has 3 aliphatic rings. The first-order chi connectivity index (χ1) is 25.4. The minimum Gasteiger partial charge on any atom is -0.207 e. The van der Waals surface area contributed by atoms with Gasteiger partial charge in [-0.2, -0.15) is 0 Å². The van der Waals surface area contributed by atoms with Crippen LogP contribution in [0.1, 0.15) is 234 Å². The van der Waals surface area contributed by atoms with E-state index in [9.17, 15) is 4.39 Å². The number of fused-ring (bicyclic) bond motifs is 3. The highest BCUT2D eigenvalue weighted by Gasteiger charge is 2.50. The van der Waals surface area contributed by atoms with Crippen molar-refractivity contribution in [1.82, 2.24) is 0 Å². The number of halogens is 1. The fraction of sp³-hybridized carbons (Fsp3) is 0.686. The molecule has 0 spiro atoms. The van der Waals surface area contributed by atoms with E-state index >= 15 is 0 Å². The van der Waals surface area contributed by atoms with Crippen molar-refractivity contribution in [1.29, 1.82) is 0 Å². The van der Waals surface area contributed by atoms with E-state index in [0.29, 0.717) is 11.3 Å². The van der Waals surface area contributed by atoms with Crippen molar-refractivity contribution in [2.24, 2.45) is 11.3 Å². The van der Waals surface area contributed by atoms with Gasteiger partial charge >= 0.3 is 0 Å². The fourth-order valence-corrected chi connectivity index (χ4v) is 10.9. The molecule has 0 heterocycles. The molecule has 5 atom stereocenters. The number of benzene rings is 2. The maximum Gasteiger partial charge on any atom is 0.123 e.